The Bertz CT molecular complexity index is 1090. The largest absolute Gasteiger partial charge is 0.340 e. The minimum Gasteiger partial charge on any atom is -0.340 e. The number of fused-ring (bicyclic) bond motifs is 1. The molecule has 0 spiro atoms. The van der Waals surface area contributed by atoms with Crippen molar-refractivity contribution in [2.24, 2.45) is 0 Å². The first kappa shape index (κ1) is 19.4. The topological polar surface area (TPSA) is 86.4 Å². The van der Waals surface area contributed by atoms with Crippen LogP contribution in [0.25, 0.3) is 11.0 Å². The summed E-state index contributed by atoms with van der Waals surface area (Å²) >= 11 is 6.83. The van der Waals surface area contributed by atoms with Crippen molar-refractivity contribution in [2.75, 3.05) is 20.1 Å². The van der Waals surface area contributed by atoms with Crippen LogP contribution in [0, 0.1) is 0 Å². The number of likely N-dealkylation sites (tertiary alicyclic amines) is 1. The van der Waals surface area contributed by atoms with Crippen molar-refractivity contribution in [3.8, 4) is 0 Å². The molecule has 0 aliphatic carbocycles. The molecule has 0 bridgehead atoms. The highest BCUT2D eigenvalue weighted by Gasteiger charge is 2.34. The zero-order chi connectivity index (χ0) is 19.9. The number of aromatic amines is 1. The Morgan fingerprint density at radius 3 is 2.86 bits per heavy atom. The van der Waals surface area contributed by atoms with E-state index in [2.05, 4.69) is 9.97 Å². The highest BCUT2D eigenvalue weighted by Crippen LogP contribution is 2.32. The van der Waals surface area contributed by atoms with Crippen molar-refractivity contribution in [2.45, 2.75) is 23.1 Å². The lowest BCUT2D eigenvalue weighted by atomic mass is 10.2. The molecular weight excluding hydrogens is 420 g/mol. The Balaban J connectivity index is 1.52. The van der Waals surface area contributed by atoms with E-state index in [1.807, 2.05) is 24.3 Å². The van der Waals surface area contributed by atoms with Gasteiger partial charge in [0, 0.05) is 13.6 Å². The number of benzene rings is 1. The van der Waals surface area contributed by atoms with Gasteiger partial charge in [-0.15, -0.1) is 11.3 Å². The maximum atomic E-state index is 12.9. The van der Waals surface area contributed by atoms with Crippen molar-refractivity contribution < 1.29 is 13.2 Å². The van der Waals surface area contributed by atoms with Gasteiger partial charge in [-0.3, -0.25) is 4.79 Å². The molecule has 4 rings (SSSR count). The molecule has 28 heavy (non-hydrogen) atoms. The Kier molecular flexibility index (Phi) is 5.17. The molecule has 1 saturated heterocycles. The molecular formula is C18H19ClN4O3S2. The fraction of sp³-hybridized carbons (Fsp3) is 0.333. The molecule has 0 saturated carbocycles. The van der Waals surface area contributed by atoms with Crippen LogP contribution >= 0.6 is 22.9 Å². The number of sulfonamides is 1. The first-order valence-corrected chi connectivity index (χ1v) is 11.5. The van der Waals surface area contributed by atoms with Gasteiger partial charge in [0.05, 0.1) is 28.0 Å². The van der Waals surface area contributed by atoms with Crippen LogP contribution in [0.3, 0.4) is 0 Å². The normalized spacial score (nSPS) is 17.7. The van der Waals surface area contributed by atoms with Crippen LogP contribution in [0.15, 0.2) is 40.6 Å². The molecule has 0 unspecified atom stereocenters. The number of hydrogen-bond acceptors (Lipinski definition) is 5. The van der Waals surface area contributed by atoms with Gasteiger partial charge in [0.15, 0.2) is 0 Å². The monoisotopic (exact) mass is 438 g/mol. The maximum absolute atomic E-state index is 12.9. The number of H-pyrrole nitrogens is 1. The van der Waals surface area contributed by atoms with Crippen molar-refractivity contribution in [1.82, 2.24) is 19.2 Å². The third-order valence-electron chi connectivity index (χ3n) is 4.87. The lowest BCUT2D eigenvalue weighted by molar-refractivity contribution is -0.132. The smallest absolute Gasteiger partial charge is 0.252 e. The first-order valence-electron chi connectivity index (χ1n) is 8.82. The second kappa shape index (κ2) is 7.47. The fourth-order valence-corrected chi connectivity index (χ4v) is 6.25. The number of carbonyl (C=O) groups excluding carboxylic acids is 1. The van der Waals surface area contributed by atoms with Crippen molar-refractivity contribution in [3.63, 3.8) is 0 Å². The van der Waals surface area contributed by atoms with Crippen LogP contribution in [-0.4, -0.2) is 53.6 Å². The van der Waals surface area contributed by atoms with Gasteiger partial charge in [0.25, 0.3) is 10.0 Å². The van der Waals surface area contributed by atoms with E-state index in [0.29, 0.717) is 10.9 Å². The van der Waals surface area contributed by atoms with Gasteiger partial charge < -0.3 is 9.88 Å². The number of nitrogens with zero attached hydrogens (tertiary/aromatic N) is 3. The average molecular weight is 439 g/mol. The van der Waals surface area contributed by atoms with Gasteiger partial charge in [0.2, 0.25) is 5.91 Å². The van der Waals surface area contributed by atoms with Crippen LogP contribution in [0.4, 0.5) is 0 Å². The minimum absolute atomic E-state index is 0.128. The van der Waals surface area contributed by atoms with Crippen molar-refractivity contribution >= 4 is 49.9 Å². The molecule has 1 fully saturated rings. The number of carbonyl (C=O) groups is 1. The van der Waals surface area contributed by atoms with E-state index in [0.717, 1.165) is 45.3 Å². The van der Waals surface area contributed by atoms with Crippen molar-refractivity contribution in [1.29, 1.82) is 0 Å². The molecule has 10 heteroatoms. The van der Waals surface area contributed by atoms with E-state index in [-0.39, 0.29) is 22.7 Å². The number of thiophene rings is 1. The standard InChI is InChI=1S/C18H19ClN4O3S2/c1-22(28(25,26)17-9-8-15(19)27-17)11-16(24)23-10-4-7-14(23)18-20-12-5-2-3-6-13(12)21-18/h2-3,5-6,8-9,14H,4,7,10-11H2,1H3,(H,20,21)/t14-/m1/s1. The summed E-state index contributed by atoms with van der Waals surface area (Å²) in [5.74, 6) is 0.499. The van der Waals surface area contributed by atoms with Gasteiger partial charge in [0.1, 0.15) is 10.0 Å². The number of aromatic nitrogens is 2. The van der Waals surface area contributed by atoms with Crippen LogP contribution in [0.5, 0.6) is 0 Å². The lowest BCUT2D eigenvalue weighted by Gasteiger charge is -2.25. The maximum Gasteiger partial charge on any atom is 0.252 e. The van der Waals surface area contributed by atoms with Gasteiger partial charge in [-0.2, -0.15) is 4.31 Å². The Morgan fingerprint density at radius 2 is 2.14 bits per heavy atom. The number of likely N-dealkylation sites (N-methyl/N-ethyl adjacent to an activating group) is 1. The summed E-state index contributed by atoms with van der Waals surface area (Å²) in [5.41, 5.74) is 1.78. The highest BCUT2D eigenvalue weighted by molar-refractivity contribution is 7.91. The van der Waals surface area contributed by atoms with Crippen molar-refractivity contribution in [3.05, 3.63) is 46.6 Å². The Hall–Kier alpha value is -1.94. The van der Waals surface area contributed by atoms with E-state index in [1.165, 1.54) is 19.2 Å². The summed E-state index contributed by atoms with van der Waals surface area (Å²) in [4.78, 5) is 22.5. The molecule has 1 amide bonds. The van der Waals surface area contributed by atoms with Gasteiger partial charge >= 0.3 is 0 Å². The number of para-hydroxylation sites is 2. The van der Waals surface area contributed by atoms with Crippen LogP contribution < -0.4 is 0 Å². The van der Waals surface area contributed by atoms with Gasteiger partial charge in [-0.25, -0.2) is 13.4 Å². The zero-order valence-corrected chi connectivity index (χ0v) is 17.5. The molecule has 2 aromatic heterocycles. The van der Waals surface area contributed by atoms with E-state index >= 15 is 0 Å². The molecule has 3 aromatic rings. The Morgan fingerprint density at radius 1 is 1.36 bits per heavy atom. The highest BCUT2D eigenvalue weighted by atomic mass is 35.5. The number of amides is 1. The van der Waals surface area contributed by atoms with Gasteiger partial charge in [-0.1, -0.05) is 23.7 Å². The predicted molar refractivity (Wildman–Crippen MR) is 109 cm³/mol. The van der Waals surface area contributed by atoms with Gasteiger partial charge in [-0.05, 0) is 37.1 Å². The fourth-order valence-electron chi connectivity index (χ4n) is 3.44. The molecule has 1 aliphatic rings. The molecule has 7 nitrogen and oxygen atoms in total. The quantitative estimate of drug-likeness (QED) is 0.662. The molecule has 1 aromatic carbocycles. The number of halogens is 1. The molecule has 148 valence electrons. The van der Waals surface area contributed by atoms with E-state index in [9.17, 15) is 13.2 Å². The number of nitrogens with one attached hydrogen (secondary N) is 1. The Labute approximate surface area is 172 Å². The number of imidazole rings is 1. The van der Waals surface area contributed by atoms with Crippen LogP contribution in [-0.2, 0) is 14.8 Å². The summed E-state index contributed by atoms with van der Waals surface area (Å²) in [7, 11) is -2.34. The predicted octanol–water partition coefficient (Wildman–Crippen LogP) is 3.26. The SMILES string of the molecule is CN(CC(=O)N1CCC[C@@H]1c1nc2ccccc2[nH]1)S(=O)(=O)c1ccc(Cl)s1. The summed E-state index contributed by atoms with van der Waals surface area (Å²) in [5, 5.41) is 0. The summed E-state index contributed by atoms with van der Waals surface area (Å²) in [6.07, 6.45) is 1.65. The van der Waals surface area contributed by atoms with Crippen LogP contribution in [0.2, 0.25) is 4.34 Å². The lowest BCUT2D eigenvalue weighted by Crippen LogP contribution is -2.40. The third kappa shape index (κ3) is 3.55. The van der Waals surface area contributed by atoms with E-state index < -0.39 is 10.0 Å². The van der Waals surface area contributed by atoms with Crippen LogP contribution in [0.1, 0.15) is 24.7 Å². The molecule has 0 radical (unpaired) electrons. The molecule has 1 N–H and O–H groups in total. The minimum atomic E-state index is -3.75. The zero-order valence-electron chi connectivity index (χ0n) is 15.1. The second-order valence-corrected chi connectivity index (χ2v) is 10.7. The van der Waals surface area contributed by atoms with E-state index in [4.69, 9.17) is 11.6 Å². The number of rotatable bonds is 5. The summed E-state index contributed by atoms with van der Waals surface area (Å²) < 4.78 is 26.9. The number of hydrogen-bond donors (Lipinski definition) is 1. The third-order valence-corrected chi connectivity index (χ3v) is 8.37. The molecule has 1 atom stereocenters. The summed E-state index contributed by atoms with van der Waals surface area (Å²) in [6, 6.07) is 10.5. The summed E-state index contributed by atoms with van der Waals surface area (Å²) in [6.45, 7) is 0.355. The first-order chi connectivity index (χ1) is 13.4. The average Bonchev–Trinajstić information content (AvgIpc) is 3.39. The molecule has 1 aliphatic heterocycles. The molecule has 3 heterocycles. The van der Waals surface area contributed by atoms with E-state index in [1.54, 1.807) is 4.90 Å². The second-order valence-electron chi connectivity index (χ2n) is 6.70.